The van der Waals surface area contributed by atoms with E-state index in [1.165, 1.54) is 5.57 Å². The van der Waals surface area contributed by atoms with Crippen LogP contribution in [0.1, 0.15) is 32.4 Å². The Morgan fingerprint density at radius 3 is 2.68 bits per heavy atom. The molecule has 1 saturated heterocycles. The highest BCUT2D eigenvalue weighted by molar-refractivity contribution is 5.36. The fourth-order valence-corrected chi connectivity index (χ4v) is 3.96. The molecule has 1 fully saturated rings. The molecule has 102 valence electrons. The summed E-state index contributed by atoms with van der Waals surface area (Å²) in [6.07, 6.45) is 2.39. The van der Waals surface area contributed by atoms with Gasteiger partial charge in [-0.05, 0) is 30.7 Å². The summed E-state index contributed by atoms with van der Waals surface area (Å²) in [7, 11) is 0. The van der Waals surface area contributed by atoms with Crippen LogP contribution in [0.3, 0.4) is 0 Å². The van der Waals surface area contributed by atoms with E-state index in [0.717, 1.165) is 12.2 Å². The zero-order valence-electron chi connectivity index (χ0n) is 11.8. The highest BCUT2D eigenvalue weighted by atomic mass is 16.5. The van der Waals surface area contributed by atoms with E-state index in [-0.39, 0.29) is 6.10 Å². The summed E-state index contributed by atoms with van der Waals surface area (Å²) in [5, 5.41) is 10.1. The average molecular weight is 258 g/mol. The molecule has 2 bridgehead atoms. The zero-order valence-corrected chi connectivity index (χ0v) is 11.8. The molecule has 0 aromatic heterocycles. The molecule has 19 heavy (non-hydrogen) atoms. The molecule has 1 aliphatic carbocycles. The molecule has 2 nitrogen and oxygen atoms in total. The first-order chi connectivity index (χ1) is 9.09. The number of hydrogen-bond donors (Lipinski definition) is 1. The molecule has 1 N–H and O–H groups in total. The number of hydrogen-bond acceptors (Lipinski definition) is 2. The van der Waals surface area contributed by atoms with E-state index in [9.17, 15) is 5.11 Å². The van der Waals surface area contributed by atoms with Gasteiger partial charge in [0.05, 0.1) is 12.7 Å². The summed E-state index contributed by atoms with van der Waals surface area (Å²) in [6.45, 7) is 7.61. The summed E-state index contributed by atoms with van der Waals surface area (Å²) in [6, 6.07) is 7.57. The van der Waals surface area contributed by atoms with Crippen molar-refractivity contribution in [3.63, 3.8) is 0 Å². The van der Waals surface area contributed by atoms with Crippen molar-refractivity contribution in [2.45, 2.75) is 26.9 Å². The molecule has 0 unspecified atom stereocenters. The van der Waals surface area contributed by atoms with Gasteiger partial charge in [-0.25, -0.2) is 0 Å². The van der Waals surface area contributed by atoms with Gasteiger partial charge in [-0.15, -0.1) is 0 Å². The number of benzene rings is 1. The lowest BCUT2D eigenvalue weighted by Gasteiger charge is -2.47. The van der Waals surface area contributed by atoms with Crippen LogP contribution in [-0.4, -0.2) is 11.7 Å². The first-order valence-corrected chi connectivity index (χ1v) is 7.17. The second kappa shape index (κ2) is 4.68. The fraction of sp³-hybridized carbons (Fsp3) is 0.529. The summed E-state index contributed by atoms with van der Waals surface area (Å²) in [5.74, 6) is 2.55. The first-order valence-electron chi connectivity index (χ1n) is 7.17. The van der Waals surface area contributed by atoms with Crippen molar-refractivity contribution in [2.75, 3.05) is 6.61 Å². The van der Waals surface area contributed by atoms with E-state index >= 15 is 0 Å². The van der Waals surface area contributed by atoms with E-state index in [1.807, 2.05) is 18.2 Å². The Balaban J connectivity index is 2.01. The molecule has 0 saturated carbocycles. The second-order valence-corrected chi connectivity index (χ2v) is 6.13. The third kappa shape index (κ3) is 1.99. The number of ether oxygens (including phenoxy) is 1. The molecule has 2 aliphatic rings. The highest BCUT2D eigenvalue weighted by Gasteiger charge is 2.44. The quantitative estimate of drug-likeness (QED) is 0.773. The van der Waals surface area contributed by atoms with E-state index < -0.39 is 0 Å². The van der Waals surface area contributed by atoms with Gasteiger partial charge < -0.3 is 9.84 Å². The number of allylic oxidation sites excluding steroid dienone is 1. The van der Waals surface area contributed by atoms with Gasteiger partial charge >= 0.3 is 0 Å². The summed E-state index contributed by atoms with van der Waals surface area (Å²) in [5.41, 5.74) is 2.34. The third-order valence-corrected chi connectivity index (χ3v) is 5.01. The minimum Gasteiger partial charge on any atom is -0.508 e. The van der Waals surface area contributed by atoms with Gasteiger partial charge in [0.2, 0.25) is 0 Å². The fourth-order valence-electron chi connectivity index (χ4n) is 3.96. The second-order valence-electron chi connectivity index (χ2n) is 6.13. The van der Waals surface area contributed by atoms with E-state index in [2.05, 4.69) is 26.8 Å². The van der Waals surface area contributed by atoms with E-state index in [0.29, 0.717) is 29.4 Å². The molecule has 5 atom stereocenters. The van der Waals surface area contributed by atoms with Gasteiger partial charge in [0.1, 0.15) is 5.75 Å². The predicted octanol–water partition coefficient (Wildman–Crippen LogP) is 3.93. The van der Waals surface area contributed by atoms with Crippen LogP contribution in [0.5, 0.6) is 5.75 Å². The lowest BCUT2D eigenvalue weighted by molar-refractivity contribution is -0.0941. The van der Waals surface area contributed by atoms with E-state index in [4.69, 9.17) is 4.74 Å². The maximum Gasteiger partial charge on any atom is 0.121 e. The molecule has 3 rings (SSSR count). The normalized spacial score (nSPS) is 37.8. The van der Waals surface area contributed by atoms with E-state index in [1.54, 1.807) is 6.07 Å². The molecule has 1 aromatic carbocycles. The molecule has 0 amide bonds. The lowest BCUT2D eigenvalue weighted by atomic mass is 9.64. The summed E-state index contributed by atoms with van der Waals surface area (Å²) >= 11 is 0. The van der Waals surface area contributed by atoms with Gasteiger partial charge in [0, 0.05) is 11.5 Å². The molecule has 2 heteroatoms. The SMILES string of the molecule is CC1=C[C@H](C)[C@H]2CO[C@@H](c3ccccc3O)[C@@H]1[C@@H]2C. The topological polar surface area (TPSA) is 29.5 Å². The van der Waals surface area contributed by atoms with Gasteiger partial charge in [-0.1, -0.05) is 43.7 Å². The van der Waals surface area contributed by atoms with Crippen molar-refractivity contribution in [3.8, 4) is 5.75 Å². The van der Waals surface area contributed by atoms with Gasteiger partial charge in [-0.2, -0.15) is 0 Å². The smallest absolute Gasteiger partial charge is 0.121 e. The van der Waals surface area contributed by atoms with Gasteiger partial charge in [-0.3, -0.25) is 0 Å². The maximum absolute atomic E-state index is 10.1. The maximum atomic E-state index is 10.1. The van der Waals surface area contributed by atoms with Crippen LogP contribution in [0.4, 0.5) is 0 Å². The number of rotatable bonds is 1. The summed E-state index contributed by atoms with van der Waals surface area (Å²) in [4.78, 5) is 0. The number of para-hydroxylation sites is 1. The van der Waals surface area contributed by atoms with Crippen molar-refractivity contribution in [1.82, 2.24) is 0 Å². The van der Waals surface area contributed by atoms with Crippen LogP contribution in [0.15, 0.2) is 35.9 Å². The van der Waals surface area contributed by atoms with Crippen molar-refractivity contribution < 1.29 is 9.84 Å². The average Bonchev–Trinajstić information content (AvgIpc) is 2.36. The first kappa shape index (κ1) is 12.7. The Kier molecular flexibility index (Phi) is 3.14. The molecular weight excluding hydrogens is 236 g/mol. The Morgan fingerprint density at radius 1 is 1.21 bits per heavy atom. The van der Waals surface area contributed by atoms with Crippen molar-refractivity contribution >= 4 is 0 Å². The van der Waals surface area contributed by atoms with Gasteiger partial charge in [0.15, 0.2) is 0 Å². The predicted molar refractivity (Wildman–Crippen MR) is 75.9 cm³/mol. The molecule has 0 spiro atoms. The molecule has 1 aromatic rings. The van der Waals surface area contributed by atoms with Crippen LogP contribution in [0, 0.1) is 23.7 Å². The van der Waals surface area contributed by atoms with Crippen LogP contribution in [-0.2, 0) is 4.74 Å². The van der Waals surface area contributed by atoms with Gasteiger partial charge in [0.25, 0.3) is 0 Å². The minimum absolute atomic E-state index is 0.00352. The minimum atomic E-state index is -0.00352. The zero-order chi connectivity index (χ0) is 13.6. The third-order valence-electron chi connectivity index (χ3n) is 5.01. The summed E-state index contributed by atoms with van der Waals surface area (Å²) < 4.78 is 6.12. The highest BCUT2D eigenvalue weighted by Crippen LogP contribution is 2.50. The Morgan fingerprint density at radius 2 is 1.95 bits per heavy atom. The van der Waals surface area contributed by atoms with Crippen LogP contribution in [0.2, 0.25) is 0 Å². The number of fused-ring (bicyclic) bond motifs is 2. The van der Waals surface area contributed by atoms with Crippen molar-refractivity contribution in [2.24, 2.45) is 23.7 Å². The van der Waals surface area contributed by atoms with Crippen LogP contribution in [0.25, 0.3) is 0 Å². The Labute approximate surface area is 115 Å². The Bertz CT molecular complexity index is 506. The number of phenolic OH excluding ortho intramolecular Hbond substituents is 1. The number of phenols is 1. The van der Waals surface area contributed by atoms with Crippen molar-refractivity contribution in [1.29, 1.82) is 0 Å². The monoisotopic (exact) mass is 258 g/mol. The van der Waals surface area contributed by atoms with Crippen molar-refractivity contribution in [3.05, 3.63) is 41.5 Å². The molecule has 1 aliphatic heterocycles. The lowest BCUT2D eigenvalue weighted by Crippen LogP contribution is -2.42. The molecular formula is C17H22O2. The number of aromatic hydroxyl groups is 1. The van der Waals surface area contributed by atoms with Crippen LogP contribution < -0.4 is 0 Å². The molecule has 0 radical (unpaired) electrons. The molecule has 1 heterocycles. The largest absolute Gasteiger partial charge is 0.508 e. The van der Waals surface area contributed by atoms with Crippen LogP contribution >= 0.6 is 0 Å². The Hall–Kier alpha value is -1.28. The standard InChI is InChI=1S/C17H22O2/c1-10-8-11(2)16-12(3)14(10)9-19-17(16)13-6-4-5-7-15(13)18/h4-8,10,12,14,16-18H,9H2,1-3H3/t10-,12+,14+,16-,17-/m0/s1.